The van der Waals surface area contributed by atoms with Gasteiger partial charge >= 0.3 is 0 Å². The Morgan fingerprint density at radius 1 is 1.33 bits per heavy atom. The van der Waals surface area contributed by atoms with E-state index in [9.17, 15) is 9.18 Å². The van der Waals surface area contributed by atoms with Gasteiger partial charge in [-0.05, 0) is 25.0 Å². The number of halogens is 3. The molecule has 0 saturated heterocycles. The Labute approximate surface area is 117 Å². The van der Waals surface area contributed by atoms with Crippen LogP contribution in [0.5, 0.6) is 0 Å². The third kappa shape index (κ3) is 4.14. The van der Waals surface area contributed by atoms with Crippen LogP contribution in [-0.4, -0.2) is 30.3 Å². The second-order valence-electron chi connectivity index (χ2n) is 4.07. The van der Waals surface area contributed by atoms with Crippen LogP contribution in [0.15, 0.2) is 18.2 Å². The number of benzene rings is 1. The Hall–Kier alpha value is -0.800. The smallest absolute Gasteiger partial charge is 0.258 e. The van der Waals surface area contributed by atoms with Crippen LogP contribution in [-0.2, 0) is 0 Å². The molecule has 0 spiro atoms. The molecule has 1 aromatic rings. The van der Waals surface area contributed by atoms with E-state index in [4.69, 9.17) is 23.2 Å². The fraction of sp³-hybridized carbons (Fsp3) is 0.462. The summed E-state index contributed by atoms with van der Waals surface area (Å²) in [6.07, 6.45) is 2.72. The summed E-state index contributed by atoms with van der Waals surface area (Å²) in [5.74, 6) is -0.347. The molecule has 0 aliphatic rings. The molecular weight excluding hydrogens is 276 g/mol. The lowest BCUT2D eigenvalue weighted by atomic mass is 10.1. The van der Waals surface area contributed by atoms with E-state index in [0.29, 0.717) is 12.4 Å². The minimum Gasteiger partial charge on any atom is -0.342 e. The molecule has 0 saturated carbocycles. The number of unbranched alkanes of at least 4 members (excludes halogenated alkanes) is 2. The van der Waals surface area contributed by atoms with Gasteiger partial charge in [0.15, 0.2) is 0 Å². The molecule has 0 unspecified atom stereocenters. The van der Waals surface area contributed by atoms with Crippen molar-refractivity contribution in [2.75, 3.05) is 19.5 Å². The number of nitrogens with zero attached hydrogens (tertiary/aromatic N) is 1. The quantitative estimate of drug-likeness (QED) is 0.574. The molecule has 0 aliphatic carbocycles. The van der Waals surface area contributed by atoms with E-state index in [-0.39, 0.29) is 16.5 Å². The molecule has 2 nitrogen and oxygen atoms in total. The highest BCUT2D eigenvalue weighted by atomic mass is 35.5. The van der Waals surface area contributed by atoms with Crippen molar-refractivity contribution in [1.29, 1.82) is 0 Å². The Balaban J connectivity index is 2.63. The molecule has 0 heterocycles. The highest BCUT2D eigenvalue weighted by Crippen LogP contribution is 2.20. The molecule has 18 heavy (non-hydrogen) atoms. The monoisotopic (exact) mass is 291 g/mol. The van der Waals surface area contributed by atoms with Gasteiger partial charge in [-0.3, -0.25) is 4.79 Å². The first kappa shape index (κ1) is 15.3. The summed E-state index contributed by atoms with van der Waals surface area (Å²) in [5, 5.41) is 0.146. The number of carbonyl (C=O) groups excluding carboxylic acids is 1. The van der Waals surface area contributed by atoms with Crippen LogP contribution < -0.4 is 0 Å². The second kappa shape index (κ2) is 7.59. The van der Waals surface area contributed by atoms with Crippen molar-refractivity contribution in [3.8, 4) is 0 Å². The average Bonchev–Trinajstić information content (AvgIpc) is 2.34. The van der Waals surface area contributed by atoms with Crippen LogP contribution in [0.3, 0.4) is 0 Å². The van der Waals surface area contributed by atoms with Crippen LogP contribution in [0.1, 0.15) is 29.6 Å². The highest BCUT2D eigenvalue weighted by Gasteiger charge is 2.18. The summed E-state index contributed by atoms with van der Waals surface area (Å²) >= 11 is 11.4. The van der Waals surface area contributed by atoms with Crippen molar-refractivity contribution in [2.24, 2.45) is 0 Å². The van der Waals surface area contributed by atoms with Crippen LogP contribution >= 0.6 is 23.2 Å². The largest absolute Gasteiger partial charge is 0.342 e. The molecular formula is C13H16Cl2FNO. The molecule has 0 aromatic heterocycles. The molecule has 0 aliphatic heterocycles. The summed E-state index contributed by atoms with van der Waals surface area (Å²) in [6, 6.07) is 4.23. The molecule has 0 bridgehead atoms. The average molecular weight is 292 g/mol. The summed E-state index contributed by atoms with van der Waals surface area (Å²) < 4.78 is 13.6. The predicted molar refractivity (Wildman–Crippen MR) is 72.9 cm³/mol. The van der Waals surface area contributed by atoms with E-state index >= 15 is 0 Å². The van der Waals surface area contributed by atoms with Crippen molar-refractivity contribution >= 4 is 29.1 Å². The van der Waals surface area contributed by atoms with Gasteiger partial charge in [-0.15, -0.1) is 11.6 Å². The lowest BCUT2D eigenvalue weighted by Gasteiger charge is -2.18. The SMILES string of the molecule is CN(CCCCCCl)C(=O)c1c(F)cccc1Cl. The zero-order valence-electron chi connectivity index (χ0n) is 10.3. The van der Waals surface area contributed by atoms with Gasteiger partial charge in [0.25, 0.3) is 5.91 Å². The molecule has 0 N–H and O–H groups in total. The molecule has 100 valence electrons. The molecule has 1 aromatic carbocycles. The molecule has 1 rings (SSSR count). The van der Waals surface area contributed by atoms with E-state index in [1.165, 1.54) is 23.1 Å². The minimum atomic E-state index is -0.583. The highest BCUT2D eigenvalue weighted by molar-refractivity contribution is 6.33. The fourth-order valence-corrected chi connectivity index (χ4v) is 2.05. The molecule has 5 heteroatoms. The fourth-order valence-electron chi connectivity index (χ4n) is 1.61. The zero-order chi connectivity index (χ0) is 13.5. The van der Waals surface area contributed by atoms with Gasteiger partial charge in [-0.25, -0.2) is 4.39 Å². The maximum absolute atomic E-state index is 13.6. The van der Waals surface area contributed by atoms with Crippen LogP contribution in [0.4, 0.5) is 4.39 Å². The van der Waals surface area contributed by atoms with Gasteiger partial charge in [0.1, 0.15) is 5.82 Å². The molecule has 1 amide bonds. The van der Waals surface area contributed by atoms with Gasteiger partial charge in [-0.2, -0.15) is 0 Å². The topological polar surface area (TPSA) is 20.3 Å². The lowest BCUT2D eigenvalue weighted by molar-refractivity contribution is 0.0788. The first-order valence-corrected chi connectivity index (χ1v) is 6.74. The van der Waals surface area contributed by atoms with Crippen molar-refractivity contribution in [3.63, 3.8) is 0 Å². The molecule has 0 radical (unpaired) electrons. The Kier molecular flexibility index (Phi) is 6.44. The van der Waals surface area contributed by atoms with Gasteiger partial charge in [0, 0.05) is 19.5 Å². The van der Waals surface area contributed by atoms with Gasteiger partial charge in [-0.1, -0.05) is 24.1 Å². The Morgan fingerprint density at radius 2 is 2.06 bits per heavy atom. The lowest BCUT2D eigenvalue weighted by Crippen LogP contribution is -2.28. The van der Waals surface area contributed by atoms with Crippen molar-refractivity contribution in [3.05, 3.63) is 34.6 Å². The number of carbonyl (C=O) groups is 1. The van der Waals surface area contributed by atoms with E-state index in [1.54, 1.807) is 7.05 Å². The normalized spacial score (nSPS) is 10.4. The third-order valence-corrected chi connectivity index (χ3v) is 3.23. The zero-order valence-corrected chi connectivity index (χ0v) is 11.8. The van der Waals surface area contributed by atoms with E-state index in [2.05, 4.69) is 0 Å². The van der Waals surface area contributed by atoms with Gasteiger partial charge < -0.3 is 4.90 Å². The summed E-state index contributed by atoms with van der Waals surface area (Å²) in [6.45, 7) is 0.570. The van der Waals surface area contributed by atoms with Gasteiger partial charge in [0.05, 0.1) is 10.6 Å². The van der Waals surface area contributed by atoms with Gasteiger partial charge in [0.2, 0.25) is 0 Å². The van der Waals surface area contributed by atoms with E-state index in [0.717, 1.165) is 19.3 Å². The Morgan fingerprint density at radius 3 is 2.67 bits per heavy atom. The summed E-state index contributed by atoms with van der Waals surface area (Å²) in [7, 11) is 1.64. The maximum Gasteiger partial charge on any atom is 0.258 e. The molecule has 0 atom stereocenters. The number of alkyl halides is 1. The van der Waals surface area contributed by atoms with Crippen LogP contribution in [0.2, 0.25) is 5.02 Å². The summed E-state index contributed by atoms with van der Waals surface area (Å²) in [4.78, 5) is 13.5. The first-order chi connectivity index (χ1) is 8.57. The Bertz CT molecular complexity index is 392. The third-order valence-electron chi connectivity index (χ3n) is 2.65. The number of hydrogen-bond donors (Lipinski definition) is 0. The summed E-state index contributed by atoms with van der Waals surface area (Å²) in [5.41, 5.74) is -0.0565. The second-order valence-corrected chi connectivity index (χ2v) is 4.86. The number of amides is 1. The van der Waals surface area contributed by atoms with E-state index < -0.39 is 5.82 Å². The minimum absolute atomic E-state index is 0.0565. The molecule has 0 fully saturated rings. The van der Waals surface area contributed by atoms with Crippen LogP contribution in [0, 0.1) is 5.82 Å². The van der Waals surface area contributed by atoms with Crippen molar-refractivity contribution in [1.82, 2.24) is 4.90 Å². The van der Waals surface area contributed by atoms with Crippen molar-refractivity contribution < 1.29 is 9.18 Å². The predicted octanol–water partition coefficient (Wildman–Crippen LogP) is 3.96. The number of hydrogen-bond acceptors (Lipinski definition) is 1. The maximum atomic E-state index is 13.6. The first-order valence-electron chi connectivity index (χ1n) is 5.83. The number of rotatable bonds is 6. The van der Waals surface area contributed by atoms with Crippen LogP contribution in [0.25, 0.3) is 0 Å². The standard InChI is InChI=1S/C13H16Cl2FNO/c1-17(9-4-2-3-8-14)13(18)12-10(15)6-5-7-11(12)16/h5-7H,2-4,8-9H2,1H3. The van der Waals surface area contributed by atoms with Crippen molar-refractivity contribution in [2.45, 2.75) is 19.3 Å². The van der Waals surface area contributed by atoms with E-state index in [1.807, 2.05) is 0 Å².